The van der Waals surface area contributed by atoms with Gasteiger partial charge in [0.15, 0.2) is 6.34 Å². The number of allylic oxidation sites excluding steroid dienone is 1. The molecule has 0 radical (unpaired) electrons. The van der Waals surface area contributed by atoms with Crippen molar-refractivity contribution >= 4 is 6.34 Å². The zero-order valence-electron chi connectivity index (χ0n) is 12.6. The van der Waals surface area contributed by atoms with Crippen LogP contribution in [0.5, 0.6) is 0 Å². The van der Waals surface area contributed by atoms with Crippen molar-refractivity contribution < 1.29 is 9.64 Å². The minimum Gasteiger partial charge on any atom is -0.490 e. The fourth-order valence-electron chi connectivity index (χ4n) is 3.64. The number of hydrogen-bond acceptors (Lipinski definition) is 4. The first kappa shape index (κ1) is 13.9. The summed E-state index contributed by atoms with van der Waals surface area (Å²) >= 11 is 0. The molecule has 0 aromatic carbocycles. The molecule has 0 aromatic heterocycles. The SMILES string of the molecule is CC1NC2=C(OCC[NH+]3C=NCC3)CCC(N)C2C1C. The standard InChI is InChI=1S/C15H26N4O/c1-10-11(2)18-15-13(4-3-12(16)14(10)15)20-8-7-19-6-5-17-9-19/h9-12,14,18H,3-8,16H2,1-2H3/p+1. The lowest BCUT2D eigenvalue weighted by molar-refractivity contribution is -0.791. The zero-order valence-corrected chi connectivity index (χ0v) is 12.6. The van der Waals surface area contributed by atoms with Gasteiger partial charge in [-0.05, 0) is 19.3 Å². The highest BCUT2D eigenvalue weighted by molar-refractivity contribution is 5.44. The van der Waals surface area contributed by atoms with E-state index in [1.54, 1.807) is 0 Å². The number of ether oxygens (including phenoxy) is 1. The van der Waals surface area contributed by atoms with Crippen molar-refractivity contribution in [1.82, 2.24) is 5.32 Å². The second kappa shape index (κ2) is 5.74. The Labute approximate surface area is 121 Å². The minimum absolute atomic E-state index is 0.279. The zero-order chi connectivity index (χ0) is 14.1. The van der Waals surface area contributed by atoms with Crippen LogP contribution in [-0.2, 0) is 4.74 Å². The molecule has 3 rings (SSSR count). The van der Waals surface area contributed by atoms with E-state index in [1.807, 2.05) is 6.34 Å². The van der Waals surface area contributed by atoms with Crippen molar-refractivity contribution in [2.75, 3.05) is 26.2 Å². The van der Waals surface area contributed by atoms with E-state index in [-0.39, 0.29) is 6.04 Å². The molecule has 2 heterocycles. The van der Waals surface area contributed by atoms with Gasteiger partial charge in [0.1, 0.15) is 25.5 Å². The first-order valence-electron chi connectivity index (χ1n) is 7.89. The normalized spacial score (nSPS) is 39.9. The van der Waals surface area contributed by atoms with Crippen LogP contribution in [0.25, 0.3) is 0 Å². The van der Waals surface area contributed by atoms with Crippen LogP contribution in [0.2, 0.25) is 0 Å². The Kier molecular flexibility index (Phi) is 3.98. The highest BCUT2D eigenvalue weighted by Gasteiger charge is 2.42. The van der Waals surface area contributed by atoms with Gasteiger partial charge < -0.3 is 15.8 Å². The summed E-state index contributed by atoms with van der Waals surface area (Å²) < 4.78 is 6.08. The summed E-state index contributed by atoms with van der Waals surface area (Å²) in [7, 11) is 0. The van der Waals surface area contributed by atoms with Crippen LogP contribution in [0, 0.1) is 11.8 Å². The summed E-state index contributed by atoms with van der Waals surface area (Å²) in [6.07, 6.45) is 4.03. The molecule has 4 N–H and O–H groups in total. The fraction of sp³-hybridized carbons (Fsp3) is 0.800. The summed E-state index contributed by atoms with van der Waals surface area (Å²) in [6, 6.07) is 0.773. The molecule has 5 atom stereocenters. The molecule has 5 heteroatoms. The van der Waals surface area contributed by atoms with E-state index < -0.39 is 0 Å². The van der Waals surface area contributed by atoms with Crippen LogP contribution in [-0.4, -0.2) is 44.7 Å². The Morgan fingerprint density at radius 3 is 3.10 bits per heavy atom. The van der Waals surface area contributed by atoms with Gasteiger partial charge >= 0.3 is 0 Å². The predicted molar refractivity (Wildman–Crippen MR) is 79.5 cm³/mol. The summed E-state index contributed by atoms with van der Waals surface area (Å²) in [6.45, 7) is 8.37. The van der Waals surface area contributed by atoms with Gasteiger partial charge in [0.05, 0.1) is 12.2 Å². The van der Waals surface area contributed by atoms with Crippen molar-refractivity contribution in [3.8, 4) is 0 Å². The highest BCUT2D eigenvalue weighted by atomic mass is 16.5. The third-order valence-corrected chi connectivity index (χ3v) is 5.07. The van der Waals surface area contributed by atoms with E-state index in [2.05, 4.69) is 24.2 Å². The first-order chi connectivity index (χ1) is 9.66. The molecule has 1 aliphatic carbocycles. The van der Waals surface area contributed by atoms with E-state index in [4.69, 9.17) is 10.5 Å². The number of nitrogens with zero attached hydrogens (tertiary/aromatic N) is 1. The van der Waals surface area contributed by atoms with Gasteiger partial charge in [-0.2, -0.15) is 0 Å². The number of aliphatic imine (C=N–C) groups is 1. The van der Waals surface area contributed by atoms with E-state index in [1.165, 1.54) is 10.6 Å². The lowest BCUT2D eigenvalue weighted by Crippen LogP contribution is -3.10. The average molecular weight is 279 g/mol. The molecule has 1 saturated heterocycles. The minimum atomic E-state index is 0.279. The molecule has 5 unspecified atom stereocenters. The second-order valence-electron chi connectivity index (χ2n) is 6.40. The van der Waals surface area contributed by atoms with E-state index >= 15 is 0 Å². The maximum atomic E-state index is 6.31. The number of nitrogens with one attached hydrogen (secondary N) is 2. The molecule has 0 aromatic rings. The predicted octanol–water partition coefficient (Wildman–Crippen LogP) is -0.493. The van der Waals surface area contributed by atoms with E-state index in [0.29, 0.717) is 17.9 Å². The lowest BCUT2D eigenvalue weighted by atomic mass is 9.80. The van der Waals surface area contributed by atoms with E-state index in [0.717, 1.165) is 44.8 Å². The quantitative estimate of drug-likeness (QED) is 0.650. The maximum absolute atomic E-state index is 6.31. The molecule has 0 saturated carbocycles. The maximum Gasteiger partial charge on any atom is 0.183 e. The Bertz CT molecular complexity index is 420. The molecular weight excluding hydrogens is 252 g/mol. The highest BCUT2D eigenvalue weighted by Crippen LogP contribution is 2.39. The summed E-state index contributed by atoms with van der Waals surface area (Å²) in [4.78, 5) is 5.67. The van der Waals surface area contributed by atoms with Gasteiger partial charge in [0, 0.05) is 24.4 Å². The van der Waals surface area contributed by atoms with Crippen LogP contribution in [0.3, 0.4) is 0 Å². The number of nitrogens with two attached hydrogens (primary N) is 1. The lowest BCUT2D eigenvalue weighted by Gasteiger charge is -2.30. The molecule has 5 nitrogen and oxygen atoms in total. The molecule has 20 heavy (non-hydrogen) atoms. The second-order valence-corrected chi connectivity index (χ2v) is 6.40. The van der Waals surface area contributed by atoms with Gasteiger partial charge in [-0.15, -0.1) is 0 Å². The number of quaternary nitrogens is 1. The smallest absolute Gasteiger partial charge is 0.183 e. The molecule has 0 bridgehead atoms. The van der Waals surface area contributed by atoms with Crippen molar-refractivity contribution in [2.45, 2.75) is 38.8 Å². The van der Waals surface area contributed by atoms with Crippen molar-refractivity contribution in [2.24, 2.45) is 22.6 Å². The number of rotatable bonds is 4. The van der Waals surface area contributed by atoms with Crippen molar-refractivity contribution in [3.63, 3.8) is 0 Å². The Morgan fingerprint density at radius 1 is 1.50 bits per heavy atom. The summed E-state index contributed by atoms with van der Waals surface area (Å²) in [5.74, 6) is 2.20. The first-order valence-corrected chi connectivity index (χ1v) is 7.89. The Morgan fingerprint density at radius 2 is 2.35 bits per heavy atom. The van der Waals surface area contributed by atoms with E-state index in [9.17, 15) is 0 Å². The number of hydrogen-bond donors (Lipinski definition) is 3. The van der Waals surface area contributed by atoms with Crippen molar-refractivity contribution in [3.05, 3.63) is 11.5 Å². The molecule has 0 spiro atoms. The summed E-state index contributed by atoms with van der Waals surface area (Å²) in [5, 5.41) is 3.61. The van der Waals surface area contributed by atoms with Crippen LogP contribution in [0.4, 0.5) is 0 Å². The molecule has 1 fully saturated rings. The Hall–Kier alpha value is -1.07. The van der Waals surface area contributed by atoms with Gasteiger partial charge in [0.2, 0.25) is 0 Å². The number of fused-ring (bicyclic) bond motifs is 1. The van der Waals surface area contributed by atoms with Gasteiger partial charge in [-0.1, -0.05) is 6.92 Å². The van der Waals surface area contributed by atoms with Crippen LogP contribution in [0.15, 0.2) is 16.4 Å². The molecule has 112 valence electrons. The molecular formula is C15H27N4O+. The third kappa shape index (κ3) is 2.56. The van der Waals surface area contributed by atoms with Gasteiger partial charge in [0.25, 0.3) is 0 Å². The topological polar surface area (TPSA) is 64.1 Å². The van der Waals surface area contributed by atoms with Crippen LogP contribution in [0.1, 0.15) is 26.7 Å². The van der Waals surface area contributed by atoms with Gasteiger partial charge in [-0.3, -0.25) is 4.90 Å². The average Bonchev–Trinajstić information content (AvgIpc) is 3.03. The fourth-order valence-corrected chi connectivity index (χ4v) is 3.64. The van der Waals surface area contributed by atoms with Crippen molar-refractivity contribution in [1.29, 1.82) is 0 Å². The van der Waals surface area contributed by atoms with Crippen LogP contribution >= 0.6 is 0 Å². The molecule has 2 aliphatic heterocycles. The molecule has 3 aliphatic rings. The van der Waals surface area contributed by atoms with Crippen LogP contribution < -0.4 is 16.0 Å². The molecule has 0 amide bonds. The Balaban J connectivity index is 1.62. The monoisotopic (exact) mass is 279 g/mol. The summed E-state index contributed by atoms with van der Waals surface area (Å²) in [5.41, 5.74) is 7.60. The third-order valence-electron chi connectivity index (χ3n) is 5.07. The largest absolute Gasteiger partial charge is 0.490 e. The van der Waals surface area contributed by atoms with Gasteiger partial charge in [-0.25, -0.2) is 4.99 Å².